The number of allylic oxidation sites excluding steroid dienone is 9. The van der Waals surface area contributed by atoms with Gasteiger partial charge in [-0.3, -0.25) is 0 Å². The highest BCUT2D eigenvalue weighted by atomic mass is 16.7. The molecule has 3 saturated carbocycles. The van der Waals surface area contributed by atoms with Crippen molar-refractivity contribution in [2.24, 2.45) is 40.4 Å². The topological polar surface area (TPSA) is 99.4 Å². The van der Waals surface area contributed by atoms with Gasteiger partial charge in [-0.2, -0.15) is 0 Å². The lowest BCUT2D eigenvalue weighted by Gasteiger charge is -2.58. The maximum absolute atomic E-state index is 10.5. The van der Waals surface area contributed by atoms with E-state index in [4.69, 9.17) is 9.47 Å². The summed E-state index contributed by atoms with van der Waals surface area (Å²) in [6.45, 7) is 13.5. The summed E-state index contributed by atoms with van der Waals surface area (Å²) in [7, 11) is 0. The minimum Gasteiger partial charge on any atom is -0.394 e. The molecule has 4 aliphatic carbocycles. The zero-order chi connectivity index (χ0) is 31.8. The standard InChI is InChI=1S/C38H58O6/c1-23(2)9-7-10-24(3)11-8-12-25(4)29-15-16-30-28-14-13-26-21-27(17-19-37(26,5)31(28)18-20-38(29,30)6)43-36-35(42)34(41)33(40)32(22-39)44-36/h7-13,25,27-36,39-42H,14-22H2,1-6H3/b10-7+,12-8+,24-11+/t25-,27?,28?,29-,30?,31?,32-,33-,34+,35-,36?,37+,38-/m1/s1. The van der Waals surface area contributed by atoms with Crippen molar-refractivity contribution < 1.29 is 29.9 Å². The van der Waals surface area contributed by atoms with Gasteiger partial charge in [0.25, 0.3) is 0 Å². The fourth-order valence-electron chi connectivity index (χ4n) is 9.98. The largest absolute Gasteiger partial charge is 0.394 e. The summed E-state index contributed by atoms with van der Waals surface area (Å²) >= 11 is 0. The number of aliphatic hydroxyl groups excluding tert-OH is 4. The van der Waals surface area contributed by atoms with Crippen molar-refractivity contribution >= 4 is 0 Å². The Bertz CT molecular complexity index is 1160. The highest BCUT2D eigenvalue weighted by Gasteiger charge is 2.59. The molecule has 1 aliphatic heterocycles. The SMILES string of the molecule is CC(C)=C/C=C/C(C)=C/C=C/[C@@H](C)[C@H]1CCC2C3CC=C4CC(OC5O[C@H](CO)[C@@H](O)[C@H](O)[C@H]5O)CC[C@]4(C)C3CC[C@@]21C. The molecule has 0 aromatic rings. The molecular formula is C38H58O6. The lowest BCUT2D eigenvalue weighted by Crippen LogP contribution is -2.60. The Hall–Kier alpha value is -1.54. The Morgan fingerprint density at radius 1 is 0.977 bits per heavy atom. The van der Waals surface area contributed by atoms with Gasteiger partial charge in [-0.05, 0) is 113 Å². The quantitative estimate of drug-likeness (QED) is 0.187. The van der Waals surface area contributed by atoms with Gasteiger partial charge in [0, 0.05) is 0 Å². The maximum Gasteiger partial charge on any atom is 0.186 e. The number of ether oxygens (including phenoxy) is 2. The van der Waals surface area contributed by atoms with Crippen LogP contribution in [0.3, 0.4) is 0 Å². The summed E-state index contributed by atoms with van der Waals surface area (Å²) in [6, 6.07) is 0. The minimum absolute atomic E-state index is 0.120. The Kier molecular flexibility index (Phi) is 10.5. The Morgan fingerprint density at radius 3 is 2.48 bits per heavy atom. The van der Waals surface area contributed by atoms with Crippen LogP contribution < -0.4 is 0 Å². The zero-order valence-corrected chi connectivity index (χ0v) is 27.9. The molecule has 6 heteroatoms. The van der Waals surface area contributed by atoms with Crippen molar-refractivity contribution in [3.63, 3.8) is 0 Å². The summed E-state index contributed by atoms with van der Waals surface area (Å²) in [5.74, 6) is 3.47. The first kappa shape index (κ1) is 33.8. The van der Waals surface area contributed by atoms with E-state index in [2.05, 4.69) is 84.1 Å². The molecule has 44 heavy (non-hydrogen) atoms. The van der Waals surface area contributed by atoms with Crippen molar-refractivity contribution in [2.45, 2.75) is 130 Å². The maximum atomic E-state index is 10.5. The van der Waals surface area contributed by atoms with Crippen molar-refractivity contribution in [3.8, 4) is 0 Å². The molecule has 5 unspecified atom stereocenters. The molecule has 1 saturated heterocycles. The van der Waals surface area contributed by atoms with Gasteiger partial charge in [-0.25, -0.2) is 0 Å². The second kappa shape index (κ2) is 13.7. The minimum atomic E-state index is -1.41. The molecule has 0 aromatic carbocycles. The number of hydrogen-bond acceptors (Lipinski definition) is 6. The lowest BCUT2D eigenvalue weighted by atomic mass is 9.47. The van der Waals surface area contributed by atoms with Crippen LogP contribution in [0.2, 0.25) is 0 Å². The molecular weight excluding hydrogens is 552 g/mol. The smallest absolute Gasteiger partial charge is 0.186 e. The van der Waals surface area contributed by atoms with Crippen LogP contribution in [0, 0.1) is 40.4 Å². The van der Waals surface area contributed by atoms with Gasteiger partial charge < -0.3 is 29.9 Å². The molecule has 0 radical (unpaired) electrons. The molecule has 0 aromatic heterocycles. The van der Waals surface area contributed by atoms with E-state index in [1.165, 1.54) is 42.4 Å². The van der Waals surface area contributed by atoms with Gasteiger partial charge in [0.2, 0.25) is 0 Å². The van der Waals surface area contributed by atoms with Crippen LogP contribution in [0.15, 0.2) is 59.3 Å². The molecule has 13 atom stereocenters. The van der Waals surface area contributed by atoms with E-state index in [1.54, 1.807) is 0 Å². The van der Waals surface area contributed by atoms with E-state index >= 15 is 0 Å². The van der Waals surface area contributed by atoms with E-state index in [0.717, 1.165) is 43.4 Å². The molecule has 6 nitrogen and oxygen atoms in total. The molecule has 4 N–H and O–H groups in total. The fourth-order valence-corrected chi connectivity index (χ4v) is 9.98. The predicted octanol–water partition coefficient (Wildman–Crippen LogP) is 6.41. The van der Waals surface area contributed by atoms with Crippen LogP contribution in [0.25, 0.3) is 0 Å². The normalized spacial score (nSPS) is 45.0. The average molecular weight is 611 g/mol. The second-order valence-corrected chi connectivity index (χ2v) is 15.4. The van der Waals surface area contributed by atoms with Crippen LogP contribution in [0.5, 0.6) is 0 Å². The molecule has 0 spiro atoms. The summed E-state index contributed by atoms with van der Waals surface area (Å²) in [5, 5.41) is 40.4. The van der Waals surface area contributed by atoms with Crippen molar-refractivity contribution in [3.05, 3.63) is 59.3 Å². The van der Waals surface area contributed by atoms with E-state index in [9.17, 15) is 20.4 Å². The first-order valence-corrected chi connectivity index (χ1v) is 17.2. The average Bonchev–Trinajstić information content (AvgIpc) is 3.34. The first-order valence-electron chi connectivity index (χ1n) is 17.2. The van der Waals surface area contributed by atoms with Crippen LogP contribution in [0.1, 0.15) is 92.9 Å². The number of fused-ring (bicyclic) bond motifs is 5. The van der Waals surface area contributed by atoms with E-state index in [1.807, 2.05) is 0 Å². The number of hydrogen-bond donors (Lipinski definition) is 4. The molecule has 5 aliphatic rings. The van der Waals surface area contributed by atoms with Gasteiger partial charge in [0.15, 0.2) is 6.29 Å². The zero-order valence-electron chi connectivity index (χ0n) is 27.9. The molecule has 1 heterocycles. The summed E-state index contributed by atoms with van der Waals surface area (Å²) < 4.78 is 11.9. The lowest BCUT2D eigenvalue weighted by molar-refractivity contribution is -0.313. The summed E-state index contributed by atoms with van der Waals surface area (Å²) in [6.07, 6.45) is 18.8. The van der Waals surface area contributed by atoms with Gasteiger partial charge in [-0.1, -0.05) is 80.0 Å². The molecule has 5 rings (SSSR count). The van der Waals surface area contributed by atoms with Crippen LogP contribution >= 0.6 is 0 Å². The van der Waals surface area contributed by atoms with E-state index in [-0.39, 0.29) is 11.5 Å². The van der Waals surface area contributed by atoms with Gasteiger partial charge in [0.1, 0.15) is 24.4 Å². The van der Waals surface area contributed by atoms with E-state index in [0.29, 0.717) is 17.3 Å². The van der Waals surface area contributed by atoms with Gasteiger partial charge >= 0.3 is 0 Å². The first-order chi connectivity index (χ1) is 20.9. The number of rotatable bonds is 8. The Morgan fingerprint density at radius 2 is 1.75 bits per heavy atom. The molecule has 0 amide bonds. The van der Waals surface area contributed by atoms with Crippen LogP contribution in [-0.4, -0.2) is 63.8 Å². The monoisotopic (exact) mass is 610 g/mol. The third kappa shape index (κ3) is 6.50. The van der Waals surface area contributed by atoms with Crippen molar-refractivity contribution in [1.82, 2.24) is 0 Å². The Labute approximate surface area is 265 Å². The highest BCUT2D eigenvalue weighted by molar-refractivity contribution is 5.27. The fraction of sp³-hybridized carbons (Fsp3) is 0.737. The highest BCUT2D eigenvalue weighted by Crippen LogP contribution is 2.67. The van der Waals surface area contributed by atoms with Crippen LogP contribution in [-0.2, 0) is 9.47 Å². The summed E-state index contributed by atoms with van der Waals surface area (Å²) in [4.78, 5) is 0. The molecule has 4 fully saturated rings. The number of aliphatic hydroxyl groups is 4. The van der Waals surface area contributed by atoms with Gasteiger partial charge in [-0.15, -0.1) is 0 Å². The van der Waals surface area contributed by atoms with Crippen LogP contribution in [0.4, 0.5) is 0 Å². The van der Waals surface area contributed by atoms with Crippen molar-refractivity contribution in [2.75, 3.05) is 6.61 Å². The predicted molar refractivity (Wildman–Crippen MR) is 174 cm³/mol. The molecule has 246 valence electrons. The second-order valence-electron chi connectivity index (χ2n) is 15.4. The van der Waals surface area contributed by atoms with Crippen molar-refractivity contribution in [1.29, 1.82) is 0 Å². The van der Waals surface area contributed by atoms with Gasteiger partial charge in [0.05, 0.1) is 12.7 Å². The summed E-state index contributed by atoms with van der Waals surface area (Å²) in [5.41, 5.74) is 4.62. The Balaban J connectivity index is 1.23. The third-order valence-electron chi connectivity index (χ3n) is 12.5. The molecule has 0 bridgehead atoms. The third-order valence-corrected chi connectivity index (χ3v) is 12.5. The van der Waals surface area contributed by atoms with E-state index < -0.39 is 37.3 Å².